The highest BCUT2D eigenvalue weighted by molar-refractivity contribution is 5.78. The summed E-state index contributed by atoms with van der Waals surface area (Å²) in [5.74, 6) is 0.797. The van der Waals surface area contributed by atoms with E-state index in [0.717, 1.165) is 38.6 Å². The zero-order chi connectivity index (χ0) is 16.9. The van der Waals surface area contributed by atoms with Gasteiger partial charge in [0.25, 0.3) is 0 Å². The van der Waals surface area contributed by atoms with Crippen molar-refractivity contribution in [1.82, 2.24) is 10.2 Å². The highest BCUT2D eigenvalue weighted by Crippen LogP contribution is 2.28. The number of rotatable bonds is 4. The van der Waals surface area contributed by atoms with Gasteiger partial charge in [0.2, 0.25) is 11.8 Å². The minimum atomic E-state index is 0.0817. The summed E-state index contributed by atoms with van der Waals surface area (Å²) >= 11 is 0. The number of hydrogen-bond acceptors (Lipinski definition) is 2. The van der Waals surface area contributed by atoms with Gasteiger partial charge in [-0.3, -0.25) is 9.59 Å². The molecule has 1 aliphatic heterocycles. The summed E-state index contributed by atoms with van der Waals surface area (Å²) < 4.78 is 0. The van der Waals surface area contributed by atoms with Gasteiger partial charge >= 0.3 is 0 Å². The van der Waals surface area contributed by atoms with Crippen LogP contribution < -0.4 is 5.32 Å². The molecule has 2 amide bonds. The highest BCUT2D eigenvalue weighted by atomic mass is 16.2. The van der Waals surface area contributed by atoms with Crippen LogP contribution in [0.25, 0.3) is 0 Å². The second-order valence-electron chi connectivity index (χ2n) is 7.18. The number of nitrogens with one attached hydrogen (secondary N) is 1. The molecule has 1 heterocycles. The first kappa shape index (κ1) is 17.0. The molecule has 1 aliphatic carbocycles. The van der Waals surface area contributed by atoms with Crippen LogP contribution >= 0.6 is 0 Å². The molecule has 0 spiro atoms. The third-order valence-electron chi connectivity index (χ3n) is 5.37. The summed E-state index contributed by atoms with van der Waals surface area (Å²) in [6, 6.07) is 8.72. The molecule has 1 fully saturated rings. The molecular weight excluding hydrogens is 300 g/mol. The van der Waals surface area contributed by atoms with Crippen molar-refractivity contribution in [2.24, 2.45) is 5.92 Å². The van der Waals surface area contributed by atoms with Crippen LogP contribution in [-0.2, 0) is 22.4 Å². The Morgan fingerprint density at radius 2 is 2.00 bits per heavy atom. The Balaban J connectivity index is 1.52. The van der Waals surface area contributed by atoms with Crippen molar-refractivity contribution < 1.29 is 9.59 Å². The first-order chi connectivity index (χ1) is 11.7. The molecule has 2 aliphatic rings. The maximum Gasteiger partial charge on any atom is 0.222 e. The quantitative estimate of drug-likeness (QED) is 0.924. The Hall–Kier alpha value is -1.84. The van der Waals surface area contributed by atoms with Gasteiger partial charge in [-0.05, 0) is 49.1 Å². The van der Waals surface area contributed by atoms with E-state index in [1.165, 1.54) is 11.1 Å². The zero-order valence-electron chi connectivity index (χ0n) is 14.6. The van der Waals surface area contributed by atoms with Gasteiger partial charge in [0.15, 0.2) is 0 Å². The van der Waals surface area contributed by atoms with E-state index in [-0.39, 0.29) is 17.9 Å². The molecule has 1 aromatic rings. The Morgan fingerprint density at radius 3 is 2.79 bits per heavy atom. The van der Waals surface area contributed by atoms with E-state index >= 15 is 0 Å². The van der Waals surface area contributed by atoms with Crippen LogP contribution in [0.15, 0.2) is 24.3 Å². The van der Waals surface area contributed by atoms with Crippen molar-refractivity contribution in [1.29, 1.82) is 0 Å². The number of nitrogens with zero attached hydrogens (tertiary/aromatic N) is 1. The Kier molecular flexibility index (Phi) is 5.54. The van der Waals surface area contributed by atoms with Crippen molar-refractivity contribution in [2.75, 3.05) is 13.1 Å². The fourth-order valence-corrected chi connectivity index (χ4v) is 3.97. The largest absolute Gasteiger partial charge is 0.352 e. The van der Waals surface area contributed by atoms with Crippen LogP contribution in [0.3, 0.4) is 0 Å². The summed E-state index contributed by atoms with van der Waals surface area (Å²) in [6.45, 7) is 3.37. The van der Waals surface area contributed by atoms with Gasteiger partial charge in [0.1, 0.15) is 0 Å². The van der Waals surface area contributed by atoms with Crippen molar-refractivity contribution in [3.8, 4) is 0 Å². The lowest BCUT2D eigenvalue weighted by molar-refractivity contribution is -0.134. The normalized spacial score (nSPS) is 23.5. The van der Waals surface area contributed by atoms with E-state index in [2.05, 4.69) is 29.6 Å². The molecule has 0 radical (unpaired) electrons. The number of piperidine rings is 1. The molecule has 0 unspecified atom stereocenters. The summed E-state index contributed by atoms with van der Waals surface area (Å²) in [4.78, 5) is 26.2. The predicted octanol–water partition coefficient (Wildman–Crippen LogP) is 2.70. The number of carbonyl (C=O) groups is 2. The zero-order valence-corrected chi connectivity index (χ0v) is 14.6. The number of hydrogen-bond donors (Lipinski definition) is 1. The third kappa shape index (κ3) is 4.16. The Bertz CT molecular complexity index is 599. The molecule has 0 bridgehead atoms. The fourth-order valence-electron chi connectivity index (χ4n) is 3.97. The van der Waals surface area contributed by atoms with Gasteiger partial charge < -0.3 is 10.2 Å². The third-order valence-corrected chi connectivity index (χ3v) is 5.37. The van der Waals surface area contributed by atoms with E-state index < -0.39 is 0 Å². The number of likely N-dealkylation sites (tertiary alicyclic amines) is 1. The van der Waals surface area contributed by atoms with Gasteiger partial charge in [-0.1, -0.05) is 31.2 Å². The Morgan fingerprint density at radius 1 is 1.21 bits per heavy atom. The molecule has 4 nitrogen and oxygen atoms in total. The summed E-state index contributed by atoms with van der Waals surface area (Å²) in [7, 11) is 0. The lowest BCUT2D eigenvalue weighted by Gasteiger charge is -2.34. The van der Waals surface area contributed by atoms with Crippen LogP contribution in [0.5, 0.6) is 0 Å². The first-order valence-corrected chi connectivity index (χ1v) is 9.29. The number of amides is 2. The van der Waals surface area contributed by atoms with E-state index in [1.807, 2.05) is 11.8 Å². The average Bonchev–Trinajstić information content (AvgIpc) is 2.61. The van der Waals surface area contributed by atoms with Crippen molar-refractivity contribution in [2.45, 2.75) is 57.9 Å². The van der Waals surface area contributed by atoms with Gasteiger partial charge in [0.05, 0.1) is 0 Å². The molecular formula is C20H28N2O2. The second-order valence-corrected chi connectivity index (χ2v) is 7.18. The van der Waals surface area contributed by atoms with Crippen molar-refractivity contribution in [3.63, 3.8) is 0 Å². The van der Waals surface area contributed by atoms with Gasteiger partial charge in [-0.15, -0.1) is 0 Å². The lowest BCUT2D eigenvalue weighted by Crippen LogP contribution is -2.49. The number of fused-ring (bicyclic) bond motifs is 1. The monoisotopic (exact) mass is 328 g/mol. The molecule has 1 aromatic carbocycles. The second kappa shape index (κ2) is 7.82. The van der Waals surface area contributed by atoms with Crippen LogP contribution in [0.1, 0.15) is 50.2 Å². The highest BCUT2D eigenvalue weighted by Gasteiger charge is 2.27. The molecule has 130 valence electrons. The number of benzene rings is 1. The average molecular weight is 328 g/mol. The molecule has 1 N–H and O–H groups in total. The SMILES string of the molecule is CCC(=O)N[C@@H]1CCCN(C(=O)C[C@@H]2CCc3ccccc3C2)C1. The van der Waals surface area contributed by atoms with Crippen LogP contribution in [0, 0.1) is 5.92 Å². The Labute approximate surface area is 144 Å². The summed E-state index contributed by atoms with van der Waals surface area (Å²) in [5, 5.41) is 3.04. The molecule has 0 aromatic heterocycles. The number of aryl methyl sites for hydroxylation is 1. The first-order valence-electron chi connectivity index (χ1n) is 9.29. The molecule has 0 saturated carbocycles. The minimum absolute atomic E-state index is 0.0817. The van der Waals surface area contributed by atoms with E-state index in [0.29, 0.717) is 25.3 Å². The van der Waals surface area contributed by atoms with Crippen molar-refractivity contribution >= 4 is 11.8 Å². The van der Waals surface area contributed by atoms with Crippen LogP contribution in [0.2, 0.25) is 0 Å². The molecule has 3 rings (SSSR count). The van der Waals surface area contributed by atoms with E-state index in [9.17, 15) is 9.59 Å². The van der Waals surface area contributed by atoms with Gasteiger partial charge in [-0.25, -0.2) is 0 Å². The topological polar surface area (TPSA) is 49.4 Å². The molecule has 1 saturated heterocycles. The summed E-state index contributed by atoms with van der Waals surface area (Å²) in [6.07, 6.45) is 6.32. The lowest BCUT2D eigenvalue weighted by atomic mass is 9.82. The molecule has 24 heavy (non-hydrogen) atoms. The summed E-state index contributed by atoms with van der Waals surface area (Å²) in [5.41, 5.74) is 2.86. The smallest absolute Gasteiger partial charge is 0.222 e. The molecule has 4 heteroatoms. The van der Waals surface area contributed by atoms with Gasteiger partial charge in [-0.2, -0.15) is 0 Å². The van der Waals surface area contributed by atoms with E-state index in [4.69, 9.17) is 0 Å². The minimum Gasteiger partial charge on any atom is -0.352 e. The van der Waals surface area contributed by atoms with Crippen LogP contribution in [0.4, 0.5) is 0 Å². The van der Waals surface area contributed by atoms with Crippen LogP contribution in [-0.4, -0.2) is 35.8 Å². The molecule has 2 atom stereocenters. The maximum absolute atomic E-state index is 12.7. The predicted molar refractivity (Wildman–Crippen MR) is 94.6 cm³/mol. The standard InChI is InChI=1S/C20H28N2O2/c1-2-19(23)21-18-8-5-11-22(14-18)20(24)13-15-9-10-16-6-3-4-7-17(16)12-15/h3-4,6-7,15,18H,2,5,8-14H2,1H3,(H,21,23)/t15-,18-/m1/s1. The van der Waals surface area contributed by atoms with Gasteiger partial charge in [0, 0.05) is 32.0 Å². The van der Waals surface area contributed by atoms with Crippen molar-refractivity contribution in [3.05, 3.63) is 35.4 Å². The number of carbonyl (C=O) groups excluding carboxylic acids is 2. The van der Waals surface area contributed by atoms with E-state index in [1.54, 1.807) is 0 Å². The fraction of sp³-hybridized carbons (Fsp3) is 0.600. The maximum atomic E-state index is 12.7.